The summed E-state index contributed by atoms with van der Waals surface area (Å²) in [5.41, 5.74) is 5.57. The van der Waals surface area contributed by atoms with Crippen LogP contribution < -0.4 is 16.4 Å². The van der Waals surface area contributed by atoms with E-state index >= 15 is 0 Å². The van der Waals surface area contributed by atoms with Gasteiger partial charge in [-0.1, -0.05) is 0 Å². The van der Waals surface area contributed by atoms with Gasteiger partial charge in [0.2, 0.25) is 5.91 Å². The van der Waals surface area contributed by atoms with Crippen molar-refractivity contribution < 1.29 is 14.5 Å². The molecule has 8 heteroatoms. The van der Waals surface area contributed by atoms with Gasteiger partial charge in [0, 0.05) is 31.3 Å². The fourth-order valence-electron chi connectivity index (χ4n) is 1.96. The number of carbonyl (C=O) groups is 1. The molecule has 1 unspecified atom stereocenters. The lowest BCUT2D eigenvalue weighted by Gasteiger charge is -2.24. The number of nitrogens with two attached hydrogens (primary N) is 1. The molecule has 0 bridgehead atoms. The minimum absolute atomic E-state index is 0.0689. The lowest BCUT2D eigenvalue weighted by Crippen LogP contribution is -2.42. The summed E-state index contributed by atoms with van der Waals surface area (Å²) in [6.45, 7) is 2.50. The minimum Gasteiger partial charge on any atom is -0.377 e. The van der Waals surface area contributed by atoms with Crippen LogP contribution in [0, 0.1) is 10.1 Å². The molecule has 4 N–H and O–H groups in total. The van der Waals surface area contributed by atoms with Crippen LogP contribution in [-0.2, 0) is 4.74 Å². The first-order chi connectivity index (χ1) is 9.58. The summed E-state index contributed by atoms with van der Waals surface area (Å²) in [5, 5.41) is 17.1. The van der Waals surface area contributed by atoms with Crippen molar-refractivity contribution in [1.29, 1.82) is 0 Å². The van der Waals surface area contributed by atoms with E-state index in [0.717, 1.165) is 6.54 Å². The van der Waals surface area contributed by atoms with Crippen LogP contribution in [0.5, 0.6) is 0 Å². The molecule has 1 heterocycles. The highest BCUT2D eigenvalue weighted by Gasteiger charge is 2.18. The largest absolute Gasteiger partial charge is 0.377 e. The summed E-state index contributed by atoms with van der Waals surface area (Å²) in [6, 6.07) is 3.99. The molecule has 0 saturated carbocycles. The van der Waals surface area contributed by atoms with E-state index in [1.807, 2.05) is 0 Å². The van der Waals surface area contributed by atoms with E-state index in [2.05, 4.69) is 10.6 Å². The van der Waals surface area contributed by atoms with Gasteiger partial charge in [-0.2, -0.15) is 0 Å². The van der Waals surface area contributed by atoms with Gasteiger partial charge in [-0.15, -0.1) is 0 Å². The number of nitro benzene ring substituents is 1. The quantitative estimate of drug-likeness (QED) is 0.519. The predicted molar refractivity (Wildman–Crippen MR) is 72.7 cm³/mol. The van der Waals surface area contributed by atoms with Gasteiger partial charge in [0.25, 0.3) is 5.69 Å². The number of ether oxygens (including phenoxy) is 1. The molecule has 1 aliphatic rings. The van der Waals surface area contributed by atoms with E-state index in [-0.39, 0.29) is 23.0 Å². The number of nitrogens with zero attached hydrogens (tertiary/aromatic N) is 1. The van der Waals surface area contributed by atoms with Crippen LogP contribution in [0.1, 0.15) is 10.4 Å². The Bertz CT molecular complexity index is 514. The van der Waals surface area contributed by atoms with Crippen molar-refractivity contribution in [3.05, 3.63) is 33.9 Å². The average molecular weight is 280 g/mol. The van der Waals surface area contributed by atoms with Crippen molar-refractivity contribution in [2.45, 2.75) is 6.10 Å². The van der Waals surface area contributed by atoms with Crippen LogP contribution in [-0.4, -0.2) is 43.2 Å². The fourth-order valence-corrected chi connectivity index (χ4v) is 1.96. The first kappa shape index (κ1) is 14.2. The van der Waals surface area contributed by atoms with Crippen molar-refractivity contribution in [1.82, 2.24) is 5.32 Å². The van der Waals surface area contributed by atoms with Gasteiger partial charge in [0.1, 0.15) is 5.69 Å². The summed E-state index contributed by atoms with van der Waals surface area (Å²) in [4.78, 5) is 21.6. The summed E-state index contributed by atoms with van der Waals surface area (Å²) in [7, 11) is 0. The smallest absolute Gasteiger partial charge is 0.292 e. The van der Waals surface area contributed by atoms with Crippen LogP contribution in [0.25, 0.3) is 0 Å². The second-order valence-electron chi connectivity index (χ2n) is 4.43. The first-order valence-electron chi connectivity index (χ1n) is 6.22. The zero-order chi connectivity index (χ0) is 14.5. The van der Waals surface area contributed by atoms with Gasteiger partial charge >= 0.3 is 0 Å². The normalized spacial score (nSPS) is 18.5. The standard InChI is InChI=1S/C12H16N4O4/c13-12(17)8-1-2-11(16(18)19)10(5-8)15-7-9-6-14-3-4-20-9/h1-2,5,9,14-15H,3-4,6-7H2,(H2,13,17). The molecule has 1 fully saturated rings. The molecule has 1 aromatic carbocycles. The zero-order valence-electron chi connectivity index (χ0n) is 10.8. The molecule has 1 aromatic rings. The second-order valence-corrected chi connectivity index (χ2v) is 4.43. The van der Waals surface area contributed by atoms with Gasteiger partial charge in [0.05, 0.1) is 17.6 Å². The molecule has 2 rings (SSSR count). The number of primary amides is 1. The number of benzene rings is 1. The Hall–Kier alpha value is -2.19. The van der Waals surface area contributed by atoms with E-state index < -0.39 is 10.8 Å². The highest BCUT2D eigenvalue weighted by Crippen LogP contribution is 2.25. The number of nitro groups is 1. The van der Waals surface area contributed by atoms with Gasteiger partial charge in [-0.05, 0) is 12.1 Å². The maximum atomic E-state index is 11.1. The minimum atomic E-state index is -0.626. The van der Waals surface area contributed by atoms with E-state index in [1.165, 1.54) is 18.2 Å². The zero-order valence-corrected chi connectivity index (χ0v) is 10.8. The van der Waals surface area contributed by atoms with Crippen LogP contribution >= 0.6 is 0 Å². The summed E-state index contributed by atoms with van der Waals surface area (Å²) in [6.07, 6.45) is -0.0689. The first-order valence-corrected chi connectivity index (χ1v) is 6.22. The van der Waals surface area contributed by atoms with Gasteiger partial charge in [0.15, 0.2) is 0 Å². The third-order valence-corrected chi connectivity index (χ3v) is 3.00. The van der Waals surface area contributed by atoms with Gasteiger partial charge < -0.3 is 21.1 Å². The molecule has 1 aliphatic heterocycles. The lowest BCUT2D eigenvalue weighted by molar-refractivity contribution is -0.384. The van der Waals surface area contributed by atoms with Crippen molar-refractivity contribution in [3.8, 4) is 0 Å². The Balaban J connectivity index is 2.12. The number of amides is 1. The van der Waals surface area contributed by atoms with Crippen LogP contribution in [0.15, 0.2) is 18.2 Å². The molecule has 0 radical (unpaired) electrons. The number of hydrogen-bond donors (Lipinski definition) is 3. The molecular formula is C12H16N4O4. The van der Waals surface area contributed by atoms with Gasteiger partial charge in [-0.3, -0.25) is 14.9 Å². The SMILES string of the molecule is NC(=O)c1ccc([N+](=O)[O-])c(NCC2CNCCO2)c1. The van der Waals surface area contributed by atoms with Gasteiger partial charge in [-0.25, -0.2) is 0 Å². The Labute approximate surface area is 115 Å². The molecule has 20 heavy (non-hydrogen) atoms. The number of hydrogen-bond acceptors (Lipinski definition) is 6. The van der Waals surface area contributed by atoms with Crippen molar-refractivity contribution >= 4 is 17.3 Å². The Morgan fingerprint density at radius 2 is 2.40 bits per heavy atom. The molecule has 8 nitrogen and oxygen atoms in total. The molecule has 1 amide bonds. The lowest BCUT2D eigenvalue weighted by atomic mass is 10.1. The van der Waals surface area contributed by atoms with Crippen LogP contribution in [0.3, 0.4) is 0 Å². The average Bonchev–Trinajstić information content (AvgIpc) is 2.45. The molecule has 108 valence electrons. The van der Waals surface area contributed by atoms with E-state index in [1.54, 1.807) is 0 Å². The molecule has 1 saturated heterocycles. The predicted octanol–water partition coefficient (Wildman–Crippen LogP) is 0.0940. The number of anilines is 1. The third-order valence-electron chi connectivity index (χ3n) is 3.00. The maximum absolute atomic E-state index is 11.1. The molecular weight excluding hydrogens is 264 g/mol. The van der Waals surface area contributed by atoms with E-state index in [0.29, 0.717) is 19.7 Å². The third kappa shape index (κ3) is 3.43. The summed E-state index contributed by atoms with van der Waals surface area (Å²) in [5.74, 6) is -0.626. The van der Waals surface area contributed by atoms with Crippen molar-refractivity contribution in [2.75, 3.05) is 31.6 Å². The van der Waals surface area contributed by atoms with Crippen molar-refractivity contribution in [2.24, 2.45) is 5.73 Å². The Morgan fingerprint density at radius 3 is 3.00 bits per heavy atom. The highest BCUT2D eigenvalue weighted by atomic mass is 16.6. The van der Waals surface area contributed by atoms with E-state index in [4.69, 9.17) is 10.5 Å². The number of rotatable bonds is 5. The number of morpholine rings is 1. The number of carbonyl (C=O) groups excluding carboxylic acids is 1. The second kappa shape index (κ2) is 6.31. The van der Waals surface area contributed by atoms with Crippen LogP contribution in [0.2, 0.25) is 0 Å². The Kier molecular flexibility index (Phi) is 4.49. The maximum Gasteiger partial charge on any atom is 0.292 e. The topological polar surface area (TPSA) is 120 Å². The van der Waals surface area contributed by atoms with E-state index in [9.17, 15) is 14.9 Å². The molecule has 0 aliphatic carbocycles. The molecule has 0 spiro atoms. The van der Waals surface area contributed by atoms with Crippen LogP contribution in [0.4, 0.5) is 11.4 Å². The Morgan fingerprint density at radius 1 is 1.60 bits per heavy atom. The fraction of sp³-hybridized carbons (Fsp3) is 0.417. The monoisotopic (exact) mass is 280 g/mol. The highest BCUT2D eigenvalue weighted by molar-refractivity contribution is 5.94. The molecule has 0 aromatic heterocycles. The molecule has 1 atom stereocenters. The van der Waals surface area contributed by atoms with Crippen molar-refractivity contribution in [3.63, 3.8) is 0 Å². The summed E-state index contributed by atoms with van der Waals surface area (Å²) >= 11 is 0. The summed E-state index contributed by atoms with van der Waals surface area (Å²) < 4.78 is 5.49. The number of nitrogens with one attached hydrogen (secondary N) is 2.